The summed E-state index contributed by atoms with van der Waals surface area (Å²) >= 11 is 1.88. The van der Waals surface area contributed by atoms with Crippen LogP contribution in [0.1, 0.15) is 5.56 Å². The molecule has 4 rings (SSSR count). The molecule has 0 spiro atoms. The summed E-state index contributed by atoms with van der Waals surface area (Å²) in [7, 11) is 0. The first-order valence-corrected chi connectivity index (χ1v) is 8.20. The third-order valence-corrected chi connectivity index (χ3v) is 4.81. The van der Waals surface area contributed by atoms with Gasteiger partial charge in [-0.15, -0.1) is 0 Å². The number of hydrogen-bond acceptors (Lipinski definition) is 3. The van der Waals surface area contributed by atoms with Gasteiger partial charge in [0.25, 0.3) is 0 Å². The maximum absolute atomic E-state index is 12.9. The molecule has 8 heteroatoms. The molecule has 0 unspecified atom stereocenters. The number of benzene rings is 1. The van der Waals surface area contributed by atoms with Gasteiger partial charge < -0.3 is 4.42 Å². The fourth-order valence-corrected chi connectivity index (χ4v) is 3.38. The van der Waals surface area contributed by atoms with E-state index in [1.165, 1.54) is 10.5 Å². The molecule has 0 saturated heterocycles. The number of halogens is 4. The van der Waals surface area contributed by atoms with Gasteiger partial charge in [-0.25, -0.2) is 9.78 Å². The van der Waals surface area contributed by atoms with Crippen LogP contribution >= 0.6 is 22.6 Å². The molecule has 0 amide bonds. The third kappa shape index (κ3) is 2.70. The second-order valence-electron chi connectivity index (χ2n) is 5.38. The Morgan fingerprint density at radius 1 is 1.12 bits per heavy atom. The first-order chi connectivity index (χ1) is 11.8. The highest BCUT2D eigenvalue weighted by Gasteiger charge is 2.31. The molecule has 0 bridgehead atoms. The van der Waals surface area contributed by atoms with Crippen molar-refractivity contribution in [3.63, 3.8) is 0 Å². The summed E-state index contributed by atoms with van der Waals surface area (Å²) in [6.07, 6.45) is -3.49. The Kier molecular flexibility index (Phi) is 3.60. The molecular weight excluding hydrogens is 448 g/mol. The summed E-state index contributed by atoms with van der Waals surface area (Å²) in [6.45, 7) is 0. The normalized spacial score (nSPS) is 12.2. The highest BCUT2D eigenvalue weighted by atomic mass is 127. The van der Waals surface area contributed by atoms with Crippen molar-refractivity contribution in [2.75, 3.05) is 0 Å². The number of aromatic nitrogens is 2. The van der Waals surface area contributed by atoms with Crippen molar-refractivity contribution in [2.45, 2.75) is 6.18 Å². The van der Waals surface area contributed by atoms with Crippen molar-refractivity contribution in [3.8, 4) is 11.3 Å². The summed E-state index contributed by atoms with van der Waals surface area (Å²) < 4.78 is 45.7. The lowest BCUT2D eigenvalue weighted by molar-refractivity contribution is -0.137. The van der Waals surface area contributed by atoms with Crippen LogP contribution in [0.15, 0.2) is 57.9 Å². The van der Waals surface area contributed by atoms with E-state index in [9.17, 15) is 18.0 Å². The molecule has 0 aliphatic carbocycles. The van der Waals surface area contributed by atoms with Gasteiger partial charge in [0.1, 0.15) is 20.6 Å². The molecule has 4 nitrogen and oxygen atoms in total. The Bertz CT molecular complexity index is 1180. The fraction of sp³-hybridized carbons (Fsp3) is 0.0588. The SMILES string of the molecule is O=c1oc2ccccc2cc1-c1nc2ccc(C(F)(F)F)cn2c1I. The number of alkyl halides is 3. The summed E-state index contributed by atoms with van der Waals surface area (Å²) in [5, 5.41) is 0.709. The van der Waals surface area contributed by atoms with Gasteiger partial charge >= 0.3 is 11.8 Å². The van der Waals surface area contributed by atoms with E-state index in [-0.39, 0.29) is 5.56 Å². The van der Waals surface area contributed by atoms with E-state index in [0.29, 0.717) is 26.0 Å². The summed E-state index contributed by atoms with van der Waals surface area (Å²) in [6, 6.07) is 10.9. The topological polar surface area (TPSA) is 47.5 Å². The number of nitrogens with zero attached hydrogens (tertiary/aromatic N) is 2. The summed E-state index contributed by atoms with van der Waals surface area (Å²) in [4.78, 5) is 16.6. The number of para-hydroxylation sites is 1. The molecule has 0 N–H and O–H groups in total. The van der Waals surface area contributed by atoms with E-state index in [4.69, 9.17) is 4.42 Å². The second-order valence-corrected chi connectivity index (χ2v) is 6.40. The van der Waals surface area contributed by atoms with Gasteiger partial charge in [0.15, 0.2) is 0 Å². The Morgan fingerprint density at radius 2 is 1.88 bits per heavy atom. The van der Waals surface area contributed by atoms with Gasteiger partial charge in [0, 0.05) is 11.6 Å². The van der Waals surface area contributed by atoms with Crippen molar-refractivity contribution >= 4 is 39.2 Å². The molecule has 4 aromatic rings. The van der Waals surface area contributed by atoms with Crippen LogP contribution in [-0.2, 0) is 6.18 Å². The highest BCUT2D eigenvalue weighted by molar-refractivity contribution is 14.1. The van der Waals surface area contributed by atoms with Crippen molar-refractivity contribution in [1.29, 1.82) is 0 Å². The average molecular weight is 456 g/mol. The fourth-order valence-electron chi connectivity index (χ4n) is 2.58. The quantitative estimate of drug-likeness (QED) is 0.308. The van der Waals surface area contributed by atoms with Crippen molar-refractivity contribution in [2.24, 2.45) is 0 Å². The van der Waals surface area contributed by atoms with E-state index < -0.39 is 17.4 Å². The molecule has 25 heavy (non-hydrogen) atoms. The van der Waals surface area contributed by atoms with E-state index >= 15 is 0 Å². The van der Waals surface area contributed by atoms with Gasteiger partial charge in [-0.05, 0) is 46.9 Å². The van der Waals surface area contributed by atoms with Crippen LogP contribution in [0.25, 0.3) is 27.9 Å². The van der Waals surface area contributed by atoms with Gasteiger partial charge in [0.2, 0.25) is 0 Å². The molecule has 0 aliphatic heterocycles. The number of rotatable bonds is 1. The van der Waals surface area contributed by atoms with Crippen molar-refractivity contribution < 1.29 is 17.6 Å². The molecule has 1 aromatic carbocycles. The predicted molar refractivity (Wildman–Crippen MR) is 94.4 cm³/mol. The van der Waals surface area contributed by atoms with E-state index in [2.05, 4.69) is 4.98 Å². The Hall–Kier alpha value is -2.36. The Balaban J connectivity index is 1.97. The standard InChI is InChI=1S/C17H8F3IN2O2/c18-17(19,20)10-5-6-13-22-14(15(21)23(13)8-10)11-7-9-3-1-2-4-12(9)25-16(11)24/h1-8H. The number of imidazole rings is 1. The van der Waals surface area contributed by atoms with Crippen molar-refractivity contribution in [3.05, 3.63) is 68.3 Å². The van der Waals surface area contributed by atoms with Crippen LogP contribution in [0.5, 0.6) is 0 Å². The third-order valence-electron chi connectivity index (χ3n) is 3.78. The first-order valence-electron chi connectivity index (χ1n) is 7.12. The minimum Gasteiger partial charge on any atom is -0.422 e. The summed E-state index contributed by atoms with van der Waals surface area (Å²) in [5.41, 5.74) is -0.113. The smallest absolute Gasteiger partial charge is 0.417 e. The van der Waals surface area contributed by atoms with Crippen LogP contribution in [-0.4, -0.2) is 9.38 Å². The van der Waals surface area contributed by atoms with E-state index in [1.54, 1.807) is 30.3 Å². The van der Waals surface area contributed by atoms with Crippen LogP contribution in [0.4, 0.5) is 13.2 Å². The zero-order valence-electron chi connectivity index (χ0n) is 12.3. The van der Waals surface area contributed by atoms with Crippen LogP contribution < -0.4 is 5.63 Å². The molecule has 3 heterocycles. The van der Waals surface area contributed by atoms with Gasteiger partial charge in [0.05, 0.1) is 11.1 Å². The van der Waals surface area contributed by atoms with Crippen molar-refractivity contribution in [1.82, 2.24) is 9.38 Å². The lowest BCUT2D eigenvalue weighted by Crippen LogP contribution is -2.06. The molecule has 0 radical (unpaired) electrons. The Morgan fingerprint density at radius 3 is 2.64 bits per heavy atom. The first kappa shape index (κ1) is 16.1. The van der Waals surface area contributed by atoms with Gasteiger partial charge in [-0.2, -0.15) is 13.2 Å². The molecule has 0 atom stereocenters. The minimum absolute atomic E-state index is 0.209. The molecule has 0 fully saturated rings. The molecule has 3 aromatic heterocycles. The van der Waals surface area contributed by atoms with Crippen LogP contribution in [0, 0.1) is 3.70 Å². The Labute approximate surface area is 152 Å². The highest BCUT2D eigenvalue weighted by Crippen LogP contribution is 2.31. The number of fused-ring (bicyclic) bond motifs is 2. The summed E-state index contributed by atoms with van der Waals surface area (Å²) in [5.74, 6) is 0. The predicted octanol–water partition coefficient (Wildman–Crippen LogP) is 4.73. The maximum Gasteiger partial charge on any atom is 0.417 e. The zero-order chi connectivity index (χ0) is 17.8. The van der Waals surface area contributed by atoms with E-state index in [1.807, 2.05) is 22.6 Å². The second kappa shape index (κ2) is 5.58. The average Bonchev–Trinajstić information content (AvgIpc) is 2.90. The molecule has 0 saturated carbocycles. The maximum atomic E-state index is 12.9. The zero-order valence-corrected chi connectivity index (χ0v) is 14.5. The number of hydrogen-bond donors (Lipinski definition) is 0. The largest absolute Gasteiger partial charge is 0.422 e. The molecular formula is C17H8F3IN2O2. The minimum atomic E-state index is -4.45. The van der Waals surface area contributed by atoms with Gasteiger partial charge in [-0.1, -0.05) is 18.2 Å². The molecule has 126 valence electrons. The van der Waals surface area contributed by atoms with Crippen LogP contribution in [0.2, 0.25) is 0 Å². The monoisotopic (exact) mass is 456 g/mol. The van der Waals surface area contributed by atoms with Gasteiger partial charge in [-0.3, -0.25) is 4.40 Å². The van der Waals surface area contributed by atoms with E-state index in [0.717, 1.165) is 12.3 Å². The molecule has 0 aliphatic rings. The lowest BCUT2D eigenvalue weighted by Gasteiger charge is -2.06. The van der Waals surface area contributed by atoms with Crippen LogP contribution in [0.3, 0.4) is 0 Å². The number of pyridine rings is 1. The lowest BCUT2D eigenvalue weighted by atomic mass is 10.1.